The molecule has 10 heavy (non-hydrogen) atoms. The summed E-state index contributed by atoms with van der Waals surface area (Å²) >= 11 is 0. The number of nitrogens with zero attached hydrogens (tertiary/aromatic N) is 2. The van der Waals surface area contributed by atoms with Gasteiger partial charge in [0.25, 0.3) is 0 Å². The quantitative estimate of drug-likeness (QED) is 0.490. The fourth-order valence-electron chi connectivity index (χ4n) is 0.588. The molecule has 0 spiro atoms. The molecule has 0 aliphatic rings. The molecule has 0 saturated heterocycles. The summed E-state index contributed by atoms with van der Waals surface area (Å²) in [7, 11) is 0. The van der Waals surface area contributed by atoms with Crippen molar-refractivity contribution in [2.24, 2.45) is 0 Å². The van der Waals surface area contributed by atoms with Crippen LogP contribution in [0.1, 0.15) is 11.5 Å². The molecule has 2 heteroatoms. The molecule has 0 unspecified atom stereocenters. The van der Waals surface area contributed by atoms with Crippen molar-refractivity contribution in [2.75, 3.05) is 0 Å². The van der Waals surface area contributed by atoms with Crippen molar-refractivity contribution in [1.29, 1.82) is 0 Å². The van der Waals surface area contributed by atoms with Crippen molar-refractivity contribution in [1.82, 2.24) is 9.97 Å². The Morgan fingerprint density at radius 1 is 1.60 bits per heavy atom. The molecular formula is C8H7N2. The zero-order valence-electron chi connectivity index (χ0n) is 5.76. The van der Waals surface area contributed by atoms with Crippen molar-refractivity contribution in [3.63, 3.8) is 0 Å². The summed E-state index contributed by atoms with van der Waals surface area (Å²) in [4.78, 5) is 7.94. The second-order valence-electron chi connectivity index (χ2n) is 1.82. The average Bonchev–Trinajstić information content (AvgIpc) is 1.88. The van der Waals surface area contributed by atoms with Gasteiger partial charge in [0.1, 0.15) is 0 Å². The van der Waals surface area contributed by atoms with Gasteiger partial charge < -0.3 is 0 Å². The van der Waals surface area contributed by atoms with E-state index >= 15 is 0 Å². The van der Waals surface area contributed by atoms with Gasteiger partial charge in [-0.1, -0.05) is 5.92 Å². The number of rotatable bonds is 0. The third-order valence-electron chi connectivity index (χ3n) is 0.995. The molecule has 1 heterocycles. The standard InChI is InChI=1S/C8H7N2/c1-3-4-8-9-6-5-7(2)10-8/h5-6H,1H2,2H3. The molecule has 49 valence electrons. The van der Waals surface area contributed by atoms with Crippen molar-refractivity contribution < 1.29 is 0 Å². The highest BCUT2D eigenvalue weighted by molar-refractivity contribution is 5.21. The van der Waals surface area contributed by atoms with Crippen LogP contribution in [0.15, 0.2) is 12.3 Å². The maximum absolute atomic E-state index is 4.04. The maximum Gasteiger partial charge on any atom is 0.205 e. The molecule has 0 fully saturated rings. The Morgan fingerprint density at radius 3 is 3.00 bits per heavy atom. The summed E-state index contributed by atoms with van der Waals surface area (Å²) in [5, 5.41) is 0. The van der Waals surface area contributed by atoms with E-state index < -0.39 is 0 Å². The predicted octanol–water partition coefficient (Wildman–Crippen LogP) is 0.971. The summed E-state index contributed by atoms with van der Waals surface area (Å²) in [6, 6.07) is 1.83. The third kappa shape index (κ3) is 1.56. The highest BCUT2D eigenvalue weighted by Gasteiger charge is 1.87. The molecule has 0 atom stereocenters. The monoisotopic (exact) mass is 131 g/mol. The summed E-state index contributed by atoms with van der Waals surface area (Å²) < 4.78 is 0. The largest absolute Gasteiger partial charge is 0.229 e. The fourth-order valence-corrected chi connectivity index (χ4v) is 0.588. The van der Waals surface area contributed by atoms with Gasteiger partial charge in [0.15, 0.2) is 0 Å². The normalized spacial score (nSPS) is 8.20. The van der Waals surface area contributed by atoms with Gasteiger partial charge in [0, 0.05) is 18.8 Å². The first-order valence-corrected chi connectivity index (χ1v) is 2.90. The Labute approximate surface area is 60.3 Å². The van der Waals surface area contributed by atoms with E-state index in [0.29, 0.717) is 5.82 Å². The van der Waals surface area contributed by atoms with Gasteiger partial charge >= 0.3 is 0 Å². The zero-order valence-corrected chi connectivity index (χ0v) is 5.76. The minimum absolute atomic E-state index is 0.537. The molecule has 0 aromatic carbocycles. The van der Waals surface area contributed by atoms with Gasteiger partial charge in [0.2, 0.25) is 5.82 Å². The van der Waals surface area contributed by atoms with Crippen LogP contribution in [0.3, 0.4) is 0 Å². The molecule has 1 radical (unpaired) electrons. The SMILES string of the molecule is [CH2]C#Cc1nccc(C)n1. The molecule has 1 aromatic heterocycles. The third-order valence-corrected chi connectivity index (χ3v) is 0.995. The van der Waals surface area contributed by atoms with Crippen molar-refractivity contribution in [3.8, 4) is 11.8 Å². The molecular weight excluding hydrogens is 124 g/mol. The number of aryl methyl sites for hydroxylation is 1. The van der Waals surface area contributed by atoms with Gasteiger partial charge in [-0.2, -0.15) is 0 Å². The maximum atomic E-state index is 4.04. The van der Waals surface area contributed by atoms with E-state index in [1.165, 1.54) is 0 Å². The van der Waals surface area contributed by atoms with Crippen molar-refractivity contribution in [2.45, 2.75) is 6.92 Å². The molecule has 0 aliphatic heterocycles. The molecule has 0 saturated carbocycles. The van der Waals surface area contributed by atoms with E-state index in [1.807, 2.05) is 13.0 Å². The minimum Gasteiger partial charge on any atom is -0.229 e. The minimum atomic E-state index is 0.537. The first-order valence-electron chi connectivity index (χ1n) is 2.90. The average molecular weight is 131 g/mol. The molecule has 0 amide bonds. The first-order chi connectivity index (χ1) is 4.83. The van der Waals surface area contributed by atoms with E-state index in [-0.39, 0.29) is 0 Å². The lowest BCUT2D eigenvalue weighted by molar-refractivity contribution is 1.07. The van der Waals surface area contributed by atoms with Crippen LogP contribution in [0, 0.1) is 25.7 Å². The molecule has 0 bridgehead atoms. The van der Waals surface area contributed by atoms with Gasteiger partial charge in [-0.05, 0) is 18.9 Å². The topological polar surface area (TPSA) is 25.8 Å². The van der Waals surface area contributed by atoms with Crippen LogP contribution in [0.4, 0.5) is 0 Å². The van der Waals surface area contributed by atoms with E-state index in [2.05, 4.69) is 28.7 Å². The smallest absolute Gasteiger partial charge is 0.205 e. The van der Waals surface area contributed by atoms with Crippen LogP contribution in [0.2, 0.25) is 0 Å². The number of aromatic nitrogens is 2. The summed E-state index contributed by atoms with van der Waals surface area (Å²) in [5.41, 5.74) is 0.924. The van der Waals surface area contributed by atoms with E-state index in [4.69, 9.17) is 0 Å². The van der Waals surface area contributed by atoms with Crippen LogP contribution >= 0.6 is 0 Å². The Kier molecular flexibility index (Phi) is 2.01. The Bertz CT molecular complexity index is 281. The summed E-state index contributed by atoms with van der Waals surface area (Å²) in [6.07, 6.45) is 1.68. The fraction of sp³-hybridized carbons (Fsp3) is 0.125. The predicted molar refractivity (Wildman–Crippen MR) is 39.0 cm³/mol. The van der Waals surface area contributed by atoms with Crippen molar-refractivity contribution in [3.05, 3.63) is 30.7 Å². The summed E-state index contributed by atoms with van der Waals surface area (Å²) in [6.45, 7) is 5.27. The van der Waals surface area contributed by atoms with Crippen LogP contribution in [0.5, 0.6) is 0 Å². The summed E-state index contributed by atoms with van der Waals surface area (Å²) in [5.74, 6) is 5.69. The Morgan fingerprint density at radius 2 is 2.40 bits per heavy atom. The number of hydrogen-bond donors (Lipinski definition) is 0. The highest BCUT2D eigenvalue weighted by atomic mass is 14.9. The molecule has 0 aliphatic carbocycles. The highest BCUT2D eigenvalue weighted by Crippen LogP contribution is 1.90. The lowest BCUT2D eigenvalue weighted by Gasteiger charge is -1.89. The van der Waals surface area contributed by atoms with E-state index in [0.717, 1.165) is 5.69 Å². The Balaban J connectivity index is 3.03. The molecule has 0 N–H and O–H groups in total. The Hall–Kier alpha value is -1.36. The molecule has 2 nitrogen and oxygen atoms in total. The van der Waals surface area contributed by atoms with Crippen LogP contribution in [0.25, 0.3) is 0 Å². The van der Waals surface area contributed by atoms with Gasteiger partial charge in [0.05, 0.1) is 0 Å². The zero-order chi connectivity index (χ0) is 7.40. The van der Waals surface area contributed by atoms with Gasteiger partial charge in [-0.15, -0.1) is 0 Å². The van der Waals surface area contributed by atoms with Gasteiger partial charge in [-0.3, -0.25) is 0 Å². The second kappa shape index (κ2) is 2.98. The van der Waals surface area contributed by atoms with Crippen molar-refractivity contribution >= 4 is 0 Å². The van der Waals surface area contributed by atoms with Crippen LogP contribution in [-0.4, -0.2) is 9.97 Å². The van der Waals surface area contributed by atoms with E-state index in [9.17, 15) is 0 Å². The van der Waals surface area contributed by atoms with E-state index in [1.54, 1.807) is 6.20 Å². The number of hydrogen-bond acceptors (Lipinski definition) is 2. The van der Waals surface area contributed by atoms with Gasteiger partial charge in [-0.25, -0.2) is 9.97 Å². The van der Waals surface area contributed by atoms with Crippen LogP contribution in [-0.2, 0) is 0 Å². The lowest BCUT2D eigenvalue weighted by atomic mass is 10.4. The van der Waals surface area contributed by atoms with Crippen LogP contribution < -0.4 is 0 Å². The molecule has 1 rings (SSSR count). The first kappa shape index (κ1) is 6.76. The second-order valence-corrected chi connectivity index (χ2v) is 1.82. The molecule has 1 aromatic rings. The lowest BCUT2D eigenvalue weighted by Crippen LogP contribution is -1.88.